The molecule has 1 heterocycles. The van der Waals surface area contributed by atoms with Gasteiger partial charge in [0.05, 0.1) is 12.5 Å². The minimum atomic E-state index is -0.547. The van der Waals surface area contributed by atoms with Crippen LogP contribution in [0.25, 0.3) is 0 Å². The summed E-state index contributed by atoms with van der Waals surface area (Å²) in [5, 5.41) is 0. The van der Waals surface area contributed by atoms with Crippen LogP contribution in [0.3, 0.4) is 0 Å². The SMILES string of the molecule is CCOC(=O)C1CCN(C(=O)[C@@H](C)Oc2ccc(C(C)(C)C)cc2)CC1. The van der Waals surface area contributed by atoms with Crippen LogP contribution in [0.15, 0.2) is 24.3 Å². The highest BCUT2D eigenvalue weighted by molar-refractivity contribution is 5.81. The molecule has 5 nitrogen and oxygen atoms in total. The fourth-order valence-corrected chi connectivity index (χ4v) is 3.14. The quantitative estimate of drug-likeness (QED) is 0.753. The molecule has 1 aromatic carbocycles. The maximum Gasteiger partial charge on any atom is 0.309 e. The number of amides is 1. The average molecular weight is 361 g/mol. The first-order valence-electron chi connectivity index (χ1n) is 9.45. The molecule has 0 N–H and O–H groups in total. The molecule has 26 heavy (non-hydrogen) atoms. The molecule has 0 saturated carbocycles. The molecule has 1 aliphatic rings. The second-order valence-corrected chi connectivity index (χ2v) is 7.89. The molecular formula is C21H31NO4. The molecule has 1 aliphatic heterocycles. The Hall–Kier alpha value is -2.04. The summed E-state index contributed by atoms with van der Waals surface area (Å²) in [5.74, 6) is 0.412. The van der Waals surface area contributed by atoms with Gasteiger partial charge >= 0.3 is 5.97 Å². The first kappa shape index (κ1) is 20.3. The standard InChI is InChI=1S/C21H31NO4/c1-6-25-20(24)16-11-13-22(14-12-16)19(23)15(2)26-18-9-7-17(8-10-18)21(3,4)5/h7-10,15-16H,6,11-14H2,1-5H3/t15-/m1/s1. The largest absolute Gasteiger partial charge is 0.481 e. The summed E-state index contributed by atoms with van der Waals surface area (Å²) in [7, 11) is 0. The van der Waals surface area contributed by atoms with E-state index < -0.39 is 6.10 Å². The maximum absolute atomic E-state index is 12.6. The van der Waals surface area contributed by atoms with Crippen molar-refractivity contribution < 1.29 is 19.1 Å². The highest BCUT2D eigenvalue weighted by Gasteiger charge is 2.30. The second-order valence-electron chi connectivity index (χ2n) is 7.89. The van der Waals surface area contributed by atoms with Gasteiger partial charge in [-0.05, 0) is 49.8 Å². The van der Waals surface area contributed by atoms with Crippen LogP contribution in [0.5, 0.6) is 5.75 Å². The molecule has 0 aromatic heterocycles. The van der Waals surface area contributed by atoms with Gasteiger partial charge in [-0.25, -0.2) is 0 Å². The van der Waals surface area contributed by atoms with Crippen molar-refractivity contribution in [3.8, 4) is 5.75 Å². The minimum absolute atomic E-state index is 0.0350. The zero-order valence-electron chi connectivity index (χ0n) is 16.6. The fraction of sp³-hybridized carbons (Fsp3) is 0.619. The number of carbonyl (C=O) groups excluding carboxylic acids is 2. The topological polar surface area (TPSA) is 55.8 Å². The predicted molar refractivity (Wildman–Crippen MR) is 101 cm³/mol. The van der Waals surface area contributed by atoms with Gasteiger partial charge in [0.15, 0.2) is 6.10 Å². The molecule has 1 atom stereocenters. The Kier molecular flexibility index (Phi) is 6.68. The summed E-state index contributed by atoms with van der Waals surface area (Å²) in [5.41, 5.74) is 1.31. The van der Waals surface area contributed by atoms with Crippen molar-refractivity contribution in [2.24, 2.45) is 5.92 Å². The van der Waals surface area contributed by atoms with E-state index in [1.54, 1.807) is 11.8 Å². The average Bonchev–Trinajstić information content (AvgIpc) is 2.61. The van der Waals surface area contributed by atoms with Gasteiger partial charge < -0.3 is 14.4 Å². The van der Waals surface area contributed by atoms with Crippen molar-refractivity contribution in [1.82, 2.24) is 4.90 Å². The maximum atomic E-state index is 12.6. The Balaban J connectivity index is 1.87. The van der Waals surface area contributed by atoms with Crippen LogP contribution in [0.1, 0.15) is 53.0 Å². The van der Waals surface area contributed by atoms with Gasteiger partial charge in [0.2, 0.25) is 0 Å². The molecule has 1 saturated heterocycles. The van der Waals surface area contributed by atoms with Crippen molar-refractivity contribution in [2.45, 2.75) is 59.0 Å². The summed E-state index contributed by atoms with van der Waals surface area (Å²) >= 11 is 0. The number of hydrogen-bond acceptors (Lipinski definition) is 4. The van der Waals surface area contributed by atoms with Gasteiger partial charge in [0.25, 0.3) is 5.91 Å². The van der Waals surface area contributed by atoms with Gasteiger partial charge in [-0.3, -0.25) is 9.59 Å². The van der Waals surface area contributed by atoms with Crippen LogP contribution >= 0.6 is 0 Å². The first-order valence-corrected chi connectivity index (χ1v) is 9.45. The predicted octanol–water partition coefficient (Wildman–Crippen LogP) is 3.55. The molecule has 0 radical (unpaired) electrons. The van der Waals surface area contributed by atoms with Crippen LogP contribution in [-0.4, -0.2) is 42.6 Å². The lowest BCUT2D eigenvalue weighted by Gasteiger charge is -2.32. The Morgan fingerprint density at radius 2 is 1.73 bits per heavy atom. The van der Waals surface area contributed by atoms with E-state index in [0.29, 0.717) is 38.3 Å². The van der Waals surface area contributed by atoms with Crippen molar-refractivity contribution in [3.63, 3.8) is 0 Å². The number of hydrogen-bond donors (Lipinski definition) is 0. The summed E-state index contributed by atoms with van der Waals surface area (Å²) in [6, 6.07) is 7.91. The lowest BCUT2D eigenvalue weighted by Crippen LogP contribution is -2.45. The third-order valence-electron chi connectivity index (χ3n) is 4.81. The summed E-state index contributed by atoms with van der Waals surface area (Å²) < 4.78 is 10.9. The van der Waals surface area contributed by atoms with Crippen molar-refractivity contribution in [1.29, 1.82) is 0 Å². The van der Waals surface area contributed by atoms with Crippen LogP contribution in [0.4, 0.5) is 0 Å². The number of rotatable bonds is 5. The molecule has 1 aromatic rings. The molecule has 5 heteroatoms. The highest BCUT2D eigenvalue weighted by Crippen LogP contribution is 2.25. The Morgan fingerprint density at radius 3 is 2.23 bits per heavy atom. The molecule has 0 spiro atoms. The number of esters is 1. The molecule has 0 unspecified atom stereocenters. The van der Waals surface area contributed by atoms with Gasteiger partial charge in [-0.1, -0.05) is 32.9 Å². The van der Waals surface area contributed by atoms with Crippen molar-refractivity contribution in [3.05, 3.63) is 29.8 Å². The van der Waals surface area contributed by atoms with Crippen LogP contribution < -0.4 is 4.74 Å². The van der Waals surface area contributed by atoms with Gasteiger partial charge in [0.1, 0.15) is 5.75 Å². The number of carbonyl (C=O) groups is 2. The van der Waals surface area contributed by atoms with Gasteiger partial charge in [-0.2, -0.15) is 0 Å². The monoisotopic (exact) mass is 361 g/mol. The molecular weight excluding hydrogens is 330 g/mol. The smallest absolute Gasteiger partial charge is 0.309 e. The van der Waals surface area contributed by atoms with Gasteiger partial charge in [-0.15, -0.1) is 0 Å². The minimum Gasteiger partial charge on any atom is -0.481 e. The van der Waals surface area contributed by atoms with Crippen LogP contribution in [0, 0.1) is 5.92 Å². The molecule has 2 rings (SSSR count). The zero-order chi connectivity index (χ0) is 19.3. The van der Waals surface area contributed by atoms with E-state index in [0.717, 1.165) is 0 Å². The molecule has 1 amide bonds. The summed E-state index contributed by atoms with van der Waals surface area (Å²) in [6.45, 7) is 11.6. The third-order valence-corrected chi connectivity index (χ3v) is 4.81. The van der Waals surface area contributed by atoms with Gasteiger partial charge in [0, 0.05) is 13.1 Å². The van der Waals surface area contributed by atoms with E-state index in [4.69, 9.17) is 9.47 Å². The van der Waals surface area contributed by atoms with Crippen molar-refractivity contribution >= 4 is 11.9 Å². The van der Waals surface area contributed by atoms with E-state index in [2.05, 4.69) is 20.8 Å². The van der Waals surface area contributed by atoms with E-state index in [1.165, 1.54) is 5.56 Å². The highest BCUT2D eigenvalue weighted by atomic mass is 16.5. The Bertz CT molecular complexity index is 610. The third kappa shape index (κ3) is 5.23. The Labute approximate surface area is 156 Å². The lowest BCUT2D eigenvalue weighted by molar-refractivity contribution is -0.152. The van der Waals surface area contributed by atoms with Crippen LogP contribution in [0.2, 0.25) is 0 Å². The van der Waals surface area contributed by atoms with Crippen LogP contribution in [-0.2, 0) is 19.7 Å². The second kappa shape index (κ2) is 8.56. The Morgan fingerprint density at radius 1 is 1.15 bits per heavy atom. The number of nitrogens with zero attached hydrogens (tertiary/aromatic N) is 1. The van der Waals surface area contributed by atoms with E-state index in [-0.39, 0.29) is 23.2 Å². The molecule has 0 aliphatic carbocycles. The molecule has 144 valence electrons. The number of ether oxygens (including phenoxy) is 2. The fourth-order valence-electron chi connectivity index (χ4n) is 3.14. The molecule has 1 fully saturated rings. The first-order chi connectivity index (χ1) is 12.2. The summed E-state index contributed by atoms with van der Waals surface area (Å²) in [4.78, 5) is 26.2. The van der Waals surface area contributed by atoms with E-state index in [9.17, 15) is 9.59 Å². The summed E-state index contributed by atoms with van der Waals surface area (Å²) in [6.07, 6.45) is 0.754. The number of piperidine rings is 1. The molecule has 0 bridgehead atoms. The number of likely N-dealkylation sites (tertiary alicyclic amines) is 1. The number of benzene rings is 1. The van der Waals surface area contributed by atoms with Crippen molar-refractivity contribution in [2.75, 3.05) is 19.7 Å². The zero-order valence-corrected chi connectivity index (χ0v) is 16.6. The van der Waals surface area contributed by atoms with E-state index in [1.807, 2.05) is 31.2 Å². The van der Waals surface area contributed by atoms with E-state index >= 15 is 0 Å². The normalized spacial score (nSPS) is 16.9. The lowest BCUT2D eigenvalue weighted by atomic mass is 9.87.